The van der Waals surface area contributed by atoms with Gasteiger partial charge in [0.1, 0.15) is 0 Å². The Kier molecular flexibility index (Phi) is 3.98. The highest BCUT2D eigenvalue weighted by molar-refractivity contribution is 4.28. The van der Waals surface area contributed by atoms with Crippen LogP contribution in [0.3, 0.4) is 0 Å². The van der Waals surface area contributed by atoms with Crippen molar-refractivity contribution in [3.05, 3.63) is 0 Å². The van der Waals surface area contributed by atoms with E-state index >= 15 is 0 Å². The summed E-state index contributed by atoms with van der Waals surface area (Å²) in [4.78, 5) is 0. The molecule has 3 nitrogen and oxygen atoms in total. The van der Waals surface area contributed by atoms with Gasteiger partial charge in [0.25, 0.3) is 0 Å². The summed E-state index contributed by atoms with van der Waals surface area (Å²) >= 11 is 0. The number of hydroxylamine groups is 1. The lowest BCUT2D eigenvalue weighted by atomic mass is 10.5. The summed E-state index contributed by atoms with van der Waals surface area (Å²) in [5.41, 5.74) is 2.68. The Hall–Kier alpha value is -0.120. The molecule has 0 aliphatic rings. The van der Waals surface area contributed by atoms with Crippen molar-refractivity contribution in [1.82, 2.24) is 10.6 Å². The van der Waals surface area contributed by atoms with E-state index in [0.717, 1.165) is 18.1 Å². The number of hydrazine groups is 1. The maximum absolute atomic E-state index is 8.41. The van der Waals surface area contributed by atoms with E-state index in [-0.39, 0.29) is 0 Å². The molecule has 0 amide bonds. The molecule has 0 spiro atoms. The molecule has 2 N–H and O–H groups in total. The molecule has 3 heteroatoms. The molecule has 0 rings (SSSR count). The van der Waals surface area contributed by atoms with Crippen LogP contribution in [0.15, 0.2) is 0 Å². The van der Waals surface area contributed by atoms with Gasteiger partial charge in [-0.15, -0.1) is 5.17 Å². The van der Waals surface area contributed by atoms with Gasteiger partial charge in [-0.25, -0.2) is 5.43 Å². The molecule has 0 heterocycles. The van der Waals surface area contributed by atoms with Crippen LogP contribution in [0, 0.1) is 0 Å². The minimum atomic E-state index is 0.826. The van der Waals surface area contributed by atoms with Crippen LogP contribution in [0.2, 0.25) is 0 Å². The van der Waals surface area contributed by atoms with Gasteiger partial charge in [-0.2, -0.15) is 0 Å². The van der Waals surface area contributed by atoms with E-state index in [2.05, 4.69) is 5.43 Å². The molecule has 0 atom stereocenters. The summed E-state index contributed by atoms with van der Waals surface area (Å²) in [7, 11) is 1.55. The van der Waals surface area contributed by atoms with Crippen molar-refractivity contribution in [2.75, 3.05) is 13.6 Å². The quantitative estimate of drug-likeness (QED) is 0.503. The van der Waals surface area contributed by atoms with E-state index < -0.39 is 0 Å². The van der Waals surface area contributed by atoms with Gasteiger partial charge in [0.15, 0.2) is 0 Å². The van der Waals surface area contributed by atoms with Crippen molar-refractivity contribution in [3.63, 3.8) is 0 Å². The smallest absolute Gasteiger partial charge is 0.0285 e. The van der Waals surface area contributed by atoms with Gasteiger partial charge >= 0.3 is 0 Å². The van der Waals surface area contributed by atoms with E-state index in [1.807, 2.05) is 6.92 Å². The highest BCUT2D eigenvalue weighted by Gasteiger charge is 1.82. The Labute approximate surface area is 43.9 Å². The van der Waals surface area contributed by atoms with Gasteiger partial charge in [0.05, 0.1) is 0 Å². The van der Waals surface area contributed by atoms with Crippen molar-refractivity contribution < 1.29 is 5.21 Å². The maximum Gasteiger partial charge on any atom is 0.0285 e. The van der Waals surface area contributed by atoms with Crippen LogP contribution in [0.5, 0.6) is 0 Å². The summed E-state index contributed by atoms with van der Waals surface area (Å²) in [6.07, 6.45) is 1.03. The highest BCUT2D eigenvalue weighted by Crippen LogP contribution is 1.68. The van der Waals surface area contributed by atoms with Gasteiger partial charge in [0, 0.05) is 13.6 Å². The Morgan fingerprint density at radius 1 is 1.71 bits per heavy atom. The lowest BCUT2D eigenvalue weighted by molar-refractivity contribution is -0.112. The van der Waals surface area contributed by atoms with Crippen LogP contribution >= 0.6 is 0 Å². The molecule has 0 saturated heterocycles. The highest BCUT2D eigenvalue weighted by atomic mass is 16.5. The minimum Gasteiger partial charge on any atom is -0.299 e. The molecule has 0 bridgehead atoms. The zero-order chi connectivity index (χ0) is 5.70. The number of hydrogen-bond acceptors (Lipinski definition) is 3. The summed E-state index contributed by atoms with van der Waals surface area (Å²) in [6.45, 7) is 2.86. The van der Waals surface area contributed by atoms with Crippen molar-refractivity contribution in [3.8, 4) is 0 Å². The molecule has 0 aliphatic heterocycles. The molecule has 0 unspecified atom stereocenters. The zero-order valence-electron chi connectivity index (χ0n) is 4.81. The van der Waals surface area contributed by atoms with Crippen LogP contribution < -0.4 is 5.43 Å². The average molecular weight is 104 g/mol. The normalized spacial score (nSPS) is 10.3. The first-order chi connectivity index (χ1) is 3.27. The van der Waals surface area contributed by atoms with Crippen molar-refractivity contribution in [1.29, 1.82) is 0 Å². The fraction of sp³-hybridized carbons (Fsp3) is 1.00. The van der Waals surface area contributed by atoms with Gasteiger partial charge in [-0.05, 0) is 6.42 Å². The third-order valence-corrected chi connectivity index (χ3v) is 0.591. The van der Waals surface area contributed by atoms with Crippen molar-refractivity contribution in [2.24, 2.45) is 0 Å². The number of nitrogens with zero attached hydrogens (tertiary/aromatic N) is 1. The fourth-order valence-corrected chi connectivity index (χ4v) is 0.274. The Morgan fingerprint density at radius 2 is 2.29 bits per heavy atom. The number of hydrogen-bond donors (Lipinski definition) is 2. The summed E-state index contributed by atoms with van der Waals surface area (Å²) < 4.78 is 0. The van der Waals surface area contributed by atoms with Crippen molar-refractivity contribution >= 4 is 0 Å². The van der Waals surface area contributed by atoms with Gasteiger partial charge in [0.2, 0.25) is 0 Å². The number of nitrogens with one attached hydrogen (secondary N) is 1. The average Bonchev–Trinajstić information content (AvgIpc) is 1.61. The van der Waals surface area contributed by atoms with Gasteiger partial charge < -0.3 is 0 Å². The number of rotatable bonds is 3. The second-order valence-corrected chi connectivity index (χ2v) is 1.43. The zero-order valence-corrected chi connectivity index (χ0v) is 4.81. The molecular weight excluding hydrogens is 92.1 g/mol. The monoisotopic (exact) mass is 104 g/mol. The largest absolute Gasteiger partial charge is 0.299 e. The topological polar surface area (TPSA) is 35.5 Å². The molecule has 7 heavy (non-hydrogen) atoms. The summed E-state index contributed by atoms with van der Waals surface area (Å²) in [5.74, 6) is 0. The molecule has 0 aromatic rings. The molecule has 0 aromatic carbocycles. The standard InChI is InChI=1S/C4H12N2O/c1-3-4-5-6(2)7/h5,7H,3-4H2,1-2H3. The van der Waals surface area contributed by atoms with Crippen LogP contribution in [0.25, 0.3) is 0 Å². The van der Waals surface area contributed by atoms with E-state index in [9.17, 15) is 0 Å². The second-order valence-electron chi connectivity index (χ2n) is 1.43. The van der Waals surface area contributed by atoms with E-state index in [4.69, 9.17) is 5.21 Å². The fourth-order valence-electron chi connectivity index (χ4n) is 0.274. The van der Waals surface area contributed by atoms with E-state index in [1.54, 1.807) is 7.05 Å². The Morgan fingerprint density at radius 3 is 2.43 bits per heavy atom. The first-order valence-electron chi connectivity index (χ1n) is 2.43. The van der Waals surface area contributed by atoms with Gasteiger partial charge in [-0.3, -0.25) is 5.21 Å². The lowest BCUT2D eigenvalue weighted by Crippen LogP contribution is -2.31. The van der Waals surface area contributed by atoms with E-state index in [0.29, 0.717) is 0 Å². The molecule has 0 fully saturated rings. The molecular formula is C4H12N2O. The molecule has 0 aliphatic carbocycles. The predicted octanol–water partition coefficient (Wildman–Crippen LogP) is 0.222. The predicted molar refractivity (Wildman–Crippen MR) is 27.8 cm³/mol. The van der Waals surface area contributed by atoms with Crippen molar-refractivity contribution in [2.45, 2.75) is 13.3 Å². The first-order valence-corrected chi connectivity index (χ1v) is 2.43. The molecule has 0 radical (unpaired) electrons. The van der Waals surface area contributed by atoms with Crippen LogP contribution in [-0.4, -0.2) is 24.0 Å². The van der Waals surface area contributed by atoms with E-state index in [1.165, 1.54) is 0 Å². The van der Waals surface area contributed by atoms with Crippen LogP contribution in [-0.2, 0) is 0 Å². The SMILES string of the molecule is CCCNN(C)O. The Bertz CT molecular complexity index is 38.7. The minimum absolute atomic E-state index is 0.826. The third kappa shape index (κ3) is 5.88. The second kappa shape index (κ2) is 4.05. The van der Waals surface area contributed by atoms with Crippen LogP contribution in [0.1, 0.15) is 13.3 Å². The van der Waals surface area contributed by atoms with Crippen LogP contribution in [0.4, 0.5) is 0 Å². The summed E-state index contributed by atoms with van der Waals surface area (Å²) in [5, 5.41) is 9.37. The Balaban J connectivity index is 2.68. The molecule has 0 saturated carbocycles. The van der Waals surface area contributed by atoms with Gasteiger partial charge in [-0.1, -0.05) is 6.92 Å². The summed E-state index contributed by atoms with van der Waals surface area (Å²) in [6, 6.07) is 0. The first kappa shape index (κ1) is 6.88. The molecule has 0 aromatic heterocycles. The maximum atomic E-state index is 8.41. The lowest BCUT2D eigenvalue weighted by Gasteiger charge is -2.06. The molecule has 44 valence electrons. The third-order valence-electron chi connectivity index (χ3n) is 0.591.